The number of hydrogen-bond acceptors (Lipinski definition) is 5. The lowest BCUT2D eigenvalue weighted by molar-refractivity contribution is -0.123. The average molecular weight is 406 g/mol. The third-order valence-corrected chi connectivity index (χ3v) is 5.11. The fraction of sp³-hybridized carbons (Fsp3) is 0.261. The van der Waals surface area contributed by atoms with Gasteiger partial charge < -0.3 is 19.4 Å². The molecule has 2 heterocycles. The normalized spacial score (nSPS) is 16.1. The average Bonchev–Trinajstić information content (AvgIpc) is 3.11. The number of anilines is 1. The Morgan fingerprint density at radius 3 is 2.73 bits per heavy atom. The first kappa shape index (κ1) is 19.7. The Morgan fingerprint density at radius 1 is 1.17 bits per heavy atom. The predicted octanol–water partition coefficient (Wildman–Crippen LogP) is 2.66. The van der Waals surface area contributed by atoms with Gasteiger partial charge in [-0.3, -0.25) is 9.59 Å². The van der Waals surface area contributed by atoms with E-state index in [0.717, 1.165) is 16.6 Å². The molecule has 1 unspecified atom stereocenters. The van der Waals surface area contributed by atoms with Crippen LogP contribution in [-0.4, -0.2) is 31.0 Å². The van der Waals surface area contributed by atoms with Crippen LogP contribution in [0, 0.1) is 0 Å². The summed E-state index contributed by atoms with van der Waals surface area (Å²) in [5.41, 5.74) is 1.74. The van der Waals surface area contributed by atoms with Gasteiger partial charge in [0.1, 0.15) is 11.3 Å². The highest BCUT2D eigenvalue weighted by Gasteiger charge is 2.31. The number of amides is 2. The Labute approximate surface area is 173 Å². The molecule has 1 N–H and O–H groups in total. The third kappa shape index (κ3) is 4.20. The van der Waals surface area contributed by atoms with Crippen LogP contribution in [0.5, 0.6) is 5.75 Å². The highest BCUT2D eigenvalue weighted by atomic mass is 16.5. The number of para-hydroxylation sites is 1. The Hall–Kier alpha value is -3.61. The zero-order valence-electron chi connectivity index (χ0n) is 16.6. The van der Waals surface area contributed by atoms with Crippen molar-refractivity contribution < 1.29 is 18.7 Å². The van der Waals surface area contributed by atoms with Gasteiger partial charge in [-0.15, -0.1) is 0 Å². The first-order chi connectivity index (χ1) is 14.5. The number of carbonyl (C=O) groups excluding carboxylic acids is 2. The number of aryl methyl sites for hydroxylation is 1. The maximum Gasteiger partial charge on any atom is 0.336 e. The van der Waals surface area contributed by atoms with Crippen molar-refractivity contribution in [3.05, 3.63) is 70.6 Å². The van der Waals surface area contributed by atoms with Crippen LogP contribution in [0.1, 0.15) is 18.9 Å². The van der Waals surface area contributed by atoms with Crippen molar-refractivity contribution in [3.8, 4) is 5.75 Å². The number of hydrogen-bond donors (Lipinski definition) is 1. The molecule has 3 aromatic rings. The fourth-order valence-electron chi connectivity index (χ4n) is 3.67. The number of nitrogens with zero attached hydrogens (tertiary/aromatic N) is 1. The van der Waals surface area contributed by atoms with Crippen molar-refractivity contribution in [1.82, 2.24) is 5.32 Å². The molecule has 0 spiro atoms. The lowest BCUT2D eigenvalue weighted by Crippen LogP contribution is -2.39. The second-order valence-electron chi connectivity index (χ2n) is 7.20. The fourth-order valence-corrected chi connectivity index (χ4v) is 3.67. The van der Waals surface area contributed by atoms with Gasteiger partial charge >= 0.3 is 5.63 Å². The monoisotopic (exact) mass is 406 g/mol. The summed E-state index contributed by atoms with van der Waals surface area (Å²) in [7, 11) is 0. The van der Waals surface area contributed by atoms with E-state index in [4.69, 9.17) is 9.15 Å². The molecule has 2 amide bonds. The number of rotatable bonds is 6. The molecule has 7 heteroatoms. The largest absolute Gasteiger partial charge is 0.484 e. The van der Waals surface area contributed by atoms with E-state index in [0.29, 0.717) is 24.3 Å². The molecule has 1 aliphatic rings. The van der Waals surface area contributed by atoms with Crippen LogP contribution in [0.2, 0.25) is 0 Å². The minimum Gasteiger partial charge on any atom is -0.484 e. The Kier molecular flexibility index (Phi) is 5.52. The number of benzene rings is 2. The molecule has 0 bridgehead atoms. The van der Waals surface area contributed by atoms with Crippen molar-refractivity contribution in [2.45, 2.75) is 25.8 Å². The Balaban J connectivity index is 1.36. The number of fused-ring (bicyclic) bond motifs is 1. The molecule has 7 nitrogen and oxygen atoms in total. The van der Waals surface area contributed by atoms with Gasteiger partial charge in [0.25, 0.3) is 5.91 Å². The van der Waals surface area contributed by atoms with Crippen LogP contribution in [-0.2, 0) is 16.0 Å². The molecule has 0 saturated carbocycles. The number of ether oxygens (including phenoxy) is 1. The van der Waals surface area contributed by atoms with Gasteiger partial charge in [0, 0.05) is 36.2 Å². The van der Waals surface area contributed by atoms with Crippen molar-refractivity contribution >= 4 is 28.5 Å². The molecule has 1 aliphatic heterocycles. The van der Waals surface area contributed by atoms with E-state index in [-0.39, 0.29) is 30.9 Å². The molecule has 1 aromatic heterocycles. The summed E-state index contributed by atoms with van der Waals surface area (Å²) >= 11 is 0. The van der Waals surface area contributed by atoms with Crippen LogP contribution < -0.4 is 20.6 Å². The van der Waals surface area contributed by atoms with Gasteiger partial charge in [0.15, 0.2) is 6.61 Å². The summed E-state index contributed by atoms with van der Waals surface area (Å²) in [6, 6.07) is 15.8. The van der Waals surface area contributed by atoms with Crippen molar-refractivity contribution in [3.63, 3.8) is 0 Å². The molecule has 0 radical (unpaired) electrons. The zero-order chi connectivity index (χ0) is 21.1. The summed E-state index contributed by atoms with van der Waals surface area (Å²) < 4.78 is 10.8. The van der Waals surface area contributed by atoms with Crippen LogP contribution in [0.25, 0.3) is 11.0 Å². The molecule has 1 fully saturated rings. The van der Waals surface area contributed by atoms with E-state index < -0.39 is 5.63 Å². The van der Waals surface area contributed by atoms with Crippen LogP contribution in [0.15, 0.2) is 63.8 Å². The van der Waals surface area contributed by atoms with E-state index in [2.05, 4.69) is 5.32 Å². The summed E-state index contributed by atoms with van der Waals surface area (Å²) in [5, 5.41) is 3.69. The van der Waals surface area contributed by atoms with Crippen molar-refractivity contribution in [2.24, 2.45) is 0 Å². The summed E-state index contributed by atoms with van der Waals surface area (Å²) in [4.78, 5) is 37.9. The van der Waals surface area contributed by atoms with Gasteiger partial charge in [-0.1, -0.05) is 25.1 Å². The van der Waals surface area contributed by atoms with Gasteiger partial charge in [-0.25, -0.2) is 4.79 Å². The Bertz CT molecular complexity index is 1140. The third-order valence-electron chi connectivity index (χ3n) is 5.11. The topological polar surface area (TPSA) is 88.8 Å². The highest BCUT2D eigenvalue weighted by molar-refractivity contribution is 5.96. The molecule has 1 saturated heterocycles. The van der Waals surface area contributed by atoms with Gasteiger partial charge in [-0.2, -0.15) is 0 Å². The van der Waals surface area contributed by atoms with Crippen LogP contribution in [0.3, 0.4) is 0 Å². The SMILES string of the molecule is CCc1cc(=O)oc2cc(OCC(=O)NC3CC(=O)N(c4ccccc4)C3)ccc12. The molecule has 0 aliphatic carbocycles. The predicted molar refractivity (Wildman–Crippen MR) is 113 cm³/mol. The van der Waals surface area contributed by atoms with Crippen molar-refractivity contribution in [1.29, 1.82) is 0 Å². The number of carbonyl (C=O) groups is 2. The van der Waals surface area contributed by atoms with Crippen LogP contribution >= 0.6 is 0 Å². The van der Waals surface area contributed by atoms with Crippen molar-refractivity contribution in [2.75, 3.05) is 18.1 Å². The minimum atomic E-state index is -0.414. The maximum absolute atomic E-state index is 12.3. The standard InChI is InChI=1S/C23H22N2O5/c1-2-15-10-23(28)30-20-12-18(8-9-19(15)20)29-14-21(26)24-16-11-22(27)25(13-16)17-6-4-3-5-7-17/h3-10,12,16H,2,11,13-14H2,1H3,(H,24,26). The first-order valence-corrected chi connectivity index (χ1v) is 9.88. The summed E-state index contributed by atoms with van der Waals surface area (Å²) in [6.07, 6.45) is 0.965. The molecule has 154 valence electrons. The molecular formula is C23H22N2O5. The first-order valence-electron chi connectivity index (χ1n) is 9.88. The van der Waals surface area contributed by atoms with E-state index in [1.54, 1.807) is 17.0 Å². The molecule has 1 atom stereocenters. The van der Waals surface area contributed by atoms with Gasteiger partial charge in [0.05, 0.1) is 6.04 Å². The maximum atomic E-state index is 12.3. The van der Waals surface area contributed by atoms with E-state index in [9.17, 15) is 14.4 Å². The lowest BCUT2D eigenvalue weighted by Gasteiger charge is -2.17. The molecular weight excluding hydrogens is 384 g/mol. The Morgan fingerprint density at radius 2 is 1.97 bits per heavy atom. The lowest BCUT2D eigenvalue weighted by atomic mass is 10.1. The highest BCUT2D eigenvalue weighted by Crippen LogP contribution is 2.23. The van der Waals surface area contributed by atoms with Crippen LogP contribution in [0.4, 0.5) is 5.69 Å². The second-order valence-corrected chi connectivity index (χ2v) is 7.20. The smallest absolute Gasteiger partial charge is 0.336 e. The molecule has 30 heavy (non-hydrogen) atoms. The van der Waals surface area contributed by atoms with Gasteiger partial charge in [-0.05, 0) is 36.2 Å². The van der Waals surface area contributed by atoms with E-state index in [1.165, 1.54) is 6.07 Å². The quantitative estimate of drug-likeness (QED) is 0.636. The second kappa shape index (κ2) is 8.41. The zero-order valence-corrected chi connectivity index (χ0v) is 16.6. The summed E-state index contributed by atoms with van der Waals surface area (Å²) in [5.74, 6) is 0.0951. The minimum absolute atomic E-state index is 0.0243. The molecule has 4 rings (SSSR count). The molecule has 2 aromatic carbocycles. The van der Waals surface area contributed by atoms with Gasteiger partial charge in [0.2, 0.25) is 5.91 Å². The number of nitrogens with one attached hydrogen (secondary N) is 1. The van der Waals surface area contributed by atoms with E-state index in [1.807, 2.05) is 43.3 Å². The van der Waals surface area contributed by atoms with E-state index >= 15 is 0 Å². The summed E-state index contributed by atoms with van der Waals surface area (Å²) in [6.45, 7) is 2.20.